The zero-order valence-electron chi connectivity index (χ0n) is 9.09. The van der Waals surface area contributed by atoms with E-state index in [0.29, 0.717) is 0 Å². The van der Waals surface area contributed by atoms with E-state index in [2.05, 4.69) is 43.4 Å². The van der Waals surface area contributed by atoms with Crippen LogP contribution < -0.4 is 5.32 Å². The highest BCUT2D eigenvalue weighted by Crippen LogP contribution is 2.35. The Balaban J connectivity index is 2.22. The predicted octanol–water partition coefficient (Wildman–Crippen LogP) is 3.63. The fraction of sp³-hybridized carbons (Fsp3) is 0.538. The third kappa shape index (κ3) is 1.92. The minimum atomic E-state index is 0.771. The number of fused-ring (bicyclic) bond motifs is 1. The molecule has 0 bridgehead atoms. The van der Waals surface area contributed by atoms with E-state index in [-0.39, 0.29) is 0 Å². The molecule has 0 aliphatic carbocycles. The second-order valence-electron chi connectivity index (χ2n) is 4.63. The van der Waals surface area contributed by atoms with Crippen LogP contribution in [0.15, 0.2) is 24.3 Å². The Morgan fingerprint density at radius 3 is 2.93 bits per heavy atom. The van der Waals surface area contributed by atoms with E-state index in [1.807, 2.05) is 0 Å². The molecular formula is C13H19N. The maximum Gasteiger partial charge on any atom is 0.0375 e. The summed E-state index contributed by atoms with van der Waals surface area (Å²) in [5.41, 5.74) is 2.87. The summed E-state index contributed by atoms with van der Waals surface area (Å²) in [4.78, 5) is 0. The van der Waals surface area contributed by atoms with Crippen molar-refractivity contribution in [2.45, 2.75) is 32.6 Å². The van der Waals surface area contributed by atoms with E-state index >= 15 is 0 Å². The van der Waals surface area contributed by atoms with E-state index in [9.17, 15) is 0 Å². The summed E-state index contributed by atoms with van der Waals surface area (Å²) < 4.78 is 0. The van der Waals surface area contributed by atoms with Crippen LogP contribution in [0.3, 0.4) is 0 Å². The molecule has 0 spiro atoms. The SMILES string of the molecule is CC(C)CC1CCNc2ccccc21. The summed E-state index contributed by atoms with van der Waals surface area (Å²) in [7, 11) is 0. The molecule has 1 heterocycles. The van der Waals surface area contributed by atoms with Crippen molar-refractivity contribution in [2.24, 2.45) is 5.92 Å². The largest absolute Gasteiger partial charge is 0.385 e. The summed E-state index contributed by atoms with van der Waals surface area (Å²) in [6.45, 7) is 5.75. The van der Waals surface area contributed by atoms with E-state index < -0.39 is 0 Å². The molecule has 1 aliphatic rings. The van der Waals surface area contributed by atoms with Crippen molar-refractivity contribution >= 4 is 5.69 Å². The van der Waals surface area contributed by atoms with Crippen LogP contribution in [0.2, 0.25) is 0 Å². The lowest BCUT2D eigenvalue weighted by Crippen LogP contribution is -2.17. The monoisotopic (exact) mass is 189 g/mol. The van der Waals surface area contributed by atoms with Crippen molar-refractivity contribution < 1.29 is 0 Å². The molecule has 0 fully saturated rings. The van der Waals surface area contributed by atoms with Crippen LogP contribution in [-0.2, 0) is 0 Å². The summed E-state index contributed by atoms with van der Waals surface area (Å²) in [6, 6.07) is 8.74. The van der Waals surface area contributed by atoms with Gasteiger partial charge in [-0.05, 0) is 36.3 Å². The first-order valence-electron chi connectivity index (χ1n) is 5.60. The molecule has 0 aromatic heterocycles. The number of anilines is 1. The van der Waals surface area contributed by atoms with Gasteiger partial charge in [0.15, 0.2) is 0 Å². The number of nitrogens with one attached hydrogen (secondary N) is 1. The van der Waals surface area contributed by atoms with Crippen molar-refractivity contribution in [1.29, 1.82) is 0 Å². The first-order valence-corrected chi connectivity index (χ1v) is 5.60. The molecule has 0 radical (unpaired) electrons. The van der Waals surface area contributed by atoms with Gasteiger partial charge in [-0.15, -0.1) is 0 Å². The van der Waals surface area contributed by atoms with Crippen LogP contribution >= 0.6 is 0 Å². The molecule has 0 amide bonds. The predicted molar refractivity (Wildman–Crippen MR) is 61.7 cm³/mol. The normalized spacial score (nSPS) is 20.4. The molecule has 1 nitrogen and oxygen atoms in total. The molecule has 0 saturated carbocycles. The summed E-state index contributed by atoms with van der Waals surface area (Å²) in [5.74, 6) is 1.57. The van der Waals surface area contributed by atoms with Gasteiger partial charge in [0.2, 0.25) is 0 Å². The fourth-order valence-corrected chi connectivity index (χ4v) is 2.36. The Hall–Kier alpha value is -0.980. The van der Waals surface area contributed by atoms with Gasteiger partial charge in [0.05, 0.1) is 0 Å². The summed E-state index contributed by atoms with van der Waals surface area (Å²) >= 11 is 0. The van der Waals surface area contributed by atoms with Crippen molar-refractivity contribution in [3.63, 3.8) is 0 Å². The van der Waals surface area contributed by atoms with Crippen LogP contribution in [0.4, 0.5) is 5.69 Å². The molecule has 1 heteroatoms. The first-order chi connectivity index (χ1) is 6.77. The molecule has 1 unspecified atom stereocenters. The molecule has 2 rings (SSSR count). The summed E-state index contributed by atoms with van der Waals surface area (Å²) in [5, 5.41) is 3.47. The van der Waals surface area contributed by atoms with Gasteiger partial charge in [0.1, 0.15) is 0 Å². The van der Waals surface area contributed by atoms with Gasteiger partial charge in [0, 0.05) is 12.2 Å². The quantitative estimate of drug-likeness (QED) is 0.749. The van der Waals surface area contributed by atoms with Gasteiger partial charge in [-0.25, -0.2) is 0 Å². The lowest BCUT2D eigenvalue weighted by atomic mass is 9.85. The van der Waals surface area contributed by atoms with Gasteiger partial charge in [-0.1, -0.05) is 32.0 Å². The van der Waals surface area contributed by atoms with Gasteiger partial charge in [-0.2, -0.15) is 0 Å². The minimum absolute atomic E-state index is 0.771. The zero-order valence-corrected chi connectivity index (χ0v) is 9.09. The standard InChI is InChI=1S/C13H19N/c1-10(2)9-11-7-8-14-13-6-4-3-5-12(11)13/h3-6,10-11,14H,7-9H2,1-2H3. The number of hydrogen-bond donors (Lipinski definition) is 1. The maximum atomic E-state index is 3.47. The number of benzene rings is 1. The number of rotatable bonds is 2. The van der Waals surface area contributed by atoms with Gasteiger partial charge < -0.3 is 5.32 Å². The van der Waals surface area contributed by atoms with E-state index in [4.69, 9.17) is 0 Å². The Labute approximate surface area is 86.5 Å². The molecule has 1 aromatic carbocycles. The Morgan fingerprint density at radius 1 is 1.36 bits per heavy atom. The van der Waals surface area contributed by atoms with E-state index in [0.717, 1.165) is 18.4 Å². The lowest BCUT2D eigenvalue weighted by Gasteiger charge is -2.27. The van der Waals surface area contributed by atoms with Crippen LogP contribution in [0.1, 0.15) is 38.2 Å². The van der Waals surface area contributed by atoms with Crippen molar-refractivity contribution in [3.8, 4) is 0 Å². The Bertz CT molecular complexity index is 304. The third-order valence-corrected chi connectivity index (χ3v) is 2.96. The molecule has 14 heavy (non-hydrogen) atoms. The van der Waals surface area contributed by atoms with Crippen molar-refractivity contribution in [3.05, 3.63) is 29.8 Å². The molecule has 0 saturated heterocycles. The second kappa shape index (κ2) is 4.04. The molecule has 1 aromatic rings. The highest BCUT2D eigenvalue weighted by Gasteiger charge is 2.19. The molecule has 76 valence electrons. The molecule has 1 N–H and O–H groups in total. The average Bonchev–Trinajstić information content (AvgIpc) is 2.18. The fourth-order valence-electron chi connectivity index (χ4n) is 2.36. The summed E-state index contributed by atoms with van der Waals surface area (Å²) in [6.07, 6.45) is 2.61. The van der Waals surface area contributed by atoms with Gasteiger partial charge >= 0.3 is 0 Å². The third-order valence-electron chi connectivity index (χ3n) is 2.96. The van der Waals surface area contributed by atoms with Crippen molar-refractivity contribution in [2.75, 3.05) is 11.9 Å². The van der Waals surface area contributed by atoms with Crippen LogP contribution in [0.5, 0.6) is 0 Å². The van der Waals surface area contributed by atoms with E-state index in [1.54, 1.807) is 0 Å². The van der Waals surface area contributed by atoms with Crippen LogP contribution in [0, 0.1) is 5.92 Å². The Morgan fingerprint density at radius 2 is 2.14 bits per heavy atom. The van der Waals surface area contributed by atoms with Gasteiger partial charge in [-0.3, -0.25) is 0 Å². The minimum Gasteiger partial charge on any atom is -0.385 e. The molecule has 1 atom stereocenters. The molecule has 1 aliphatic heterocycles. The van der Waals surface area contributed by atoms with Crippen LogP contribution in [-0.4, -0.2) is 6.54 Å². The topological polar surface area (TPSA) is 12.0 Å². The van der Waals surface area contributed by atoms with Crippen LogP contribution in [0.25, 0.3) is 0 Å². The number of para-hydroxylation sites is 1. The smallest absolute Gasteiger partial charge is 0.0375 e. The first kappa shape index (κ1) is 9.57. The average molecular weight is 189 g/mol. The zero-order chi connectivity index (χ0) is 9.97. The Kier molecular flexibility index (Phi) is 2.76. The molecular weight excluding hydrogens is 170 g/mol. The highest BCUT2D eigenvalue weighted by atomic mass is 14.9. The van der Waals surface area contributed by atoms with Gasteiger partial charge in [0.25, 0.3) is 0 Å². The van der Waals surface area contributed by atoms with Crippen molar-refractivity contribution in [1.82, 2.24) is 0 Å². The highest BCUT2D eigenvalue weighted by molar-refractivity contribution is 5.54. The lowest BCUT2D eigenvalue weighted by molar-refractivity contribution is 0.477. The maximum absolute atomic E-state index is 3.47. The number of hydrogen-bond acceptors (Lipinski definition) is 1. The second-order valence-corrected chi connectivity index (χ2v) is 4.63. The van der Waals surface area contributed by atoms with E-state index in [1.165, 1.54) is 24.1 Å².